The molecule has 0 spiro atoms. The highest BCUT2D eigenvalue weighted by Gasteiger charge is 2.30. The van der Waals surface area contributed by atoms with Gasteiger partial charge in [-0.3, -0.25) is 0 Å². The maximum Gasteiger partial charge on any atom is 0.416 e. The minimum Gasteiger partial charge on any atom is -0.366 e. The fourth-order valence-corrected chi connectivity index (χ4v) is 2.85. The number of benzene rings is 2. The van der Waals surface area contributed by atoms with Crippen molar-refractivity contribution in [3.63, 3.8) is 0 Å². The van der Waals surface area contributed by atoms with Gasteiger partial charge in [0.15, 0.2) is 5.76 Å². The number of halogens is 4. The van der Waals surface area contributed by atoms with Gasteiger partial charge in [0.2, 0.25) is 0 Å². The molecule has 0 saturated carbocycles. The third-order valence-electron chi connectivity index (χ3n) is 4.47. The molecule has 0 bridgehead atoms. The van der Waals surface area contributed by atoms with Crippen molar-refractivity contribution < 1.29 is 17.7 Å². The highest BCUT2D eigenvalue weighted by atomic mass is 35.5. The molecule has 0 unspecified atom stereocenters. The molecule has 1 heterocycles. The lowest BCUT2D eigenvalue weighted by Gasteiger charge is -2.10. The first-order valence-corrected chi connectivity index (χ1v) is 9.26. The molecule has 0 aliphatic carbocycles. The molecule has 0 aliphatic heterocycles. The van der Waals surface area contributed by atoms with Crippen LogP contribution in [-0.4, -0.2) is 30.0 Å². The van der Waals surface area contributed by atoms with E-state index in [-0.39, 0.29) is 0 Å². The second-order valence-electron chi connectivity index (χ2n) is 6.59. The zero-order valence-corrected chi connectivity index (χ0v) is 16.8. The third-order valence-corrected chi connectivity index (χ3v) is 4.77. The summed E-state index contributed by atoms with van der Waals surface area (Å²) < 4.78 is 43.6. The smallest absolute Gasteiger partial charge is 0.366 e. The van der Waals surface area contributed by atoms with Gasteiger partial charge in [-0.2, -0.15) is 13.2 Å². The molecular formula is C21H19ClF3N3O. The van der Waals surface area contributed by atoms with Crippen LogP contribution in [0.15, 0.2) is 52.0 Å². The first kappa shape index (κ1) is 20.9. The van der Waals surface area contributed by atoms with Crippen LogP contribution in [-0.2, 0) is 6.18 Å². The first-order chi connectivity index (χ1) is 13.7. The van der Waals surface area contributed by atoms with Crippen molar-refractivity contribution in [2.45, 2.75) is 20.0 Å². The van der Waals surface area contributed by atoms with Crippen molar-refractivity contribution in [1.29, 1.82) is 0 Å². The topological polar surface area (TPSA) is 41.6 Å². The second kappa shape index (κ2) is 8.29. The number of aryl methyl sites for hydroxylation is 1. The molecule has 0 saturated heterocycles. The Morgan fingerprint density at radius 1 is 1.17 bits per heavy atom. The summed E-state index contributed by atoms with van der Waals surface area (Å²) in [5.74, 6) is 0.473. The van der Waals surface area contributed by atoms with Gasteiger partial charge in [-0.15, -0.1) is 0 Å². The highest BCUT2D eigenvalue weighted by molar-refractivity contribution is 6.33. The normalized spacial score (nSPS) is 12.0. The number of rotatable bonds is 5. The molecular weight excluding hydrogens is 403 g/mol. The van der Waals surface area contributed by atoms with Gasteiger partial charge in [0, 0.05) is 30.8 Å². The largest absolute Gasteiger partial charge is 0.416 e. The number of hydrogen-bond donors (Lipinski definition) is 0. The van der Waals surface area contributed by atoms with Gasteiger partial charge in [0.25, 0.3) is 0 Å². The summed E-state index contributed by atoms with van der Waals surface area (Å²) in [6.07, 6.45) is -2.67. The summed E-state index contributed by atoms with van der Waals surface area (Å²) in [7, 11) is 1.91. The molecule has 0 atom stereocenters. The second-order valence-corrected chi connectivity index (χ2v) is 7.00. The van der Waals surface area contributed by atoms with Crippen LogP contribution >= 0.6 is 11.6 Å². The Morgan fingerprint density at radius 2 is 1.86 bits per heavy atom. The first-order valence-electron chi connectivity index (χ1n) is 8.88. The molecule has 2 aromatic carbocycles. The van der Waals surface area contributed by atoms with Gasteiger partial charge in [-0.05, 0) is 43.7 Å². The molecule has 152 valence electrons. The average Bonchev–Trinajstić information content (AvgIpc) is 3.17. The van der Waals surface area contributed by atoms with E-state index in [9.17, 15) is 13.2 Å². The lowest BCUT2D eigenvalue weighted by Crippen LogP contribution is -2.14. The molecule has 29 heavy (non-hydrogen) atoms. The van der Waals surface area contributed by atoms with Crippen LogP contribution in [0.1, 0.15) is 18.1 Å². The number of aromatic nitrogens is 1. The molecule has 0 N–H and O–H groups in total. The van der Waals surface area contributed by atoms with Gasteiger partial charge in [0.05, 0.1) is 22.6 Å². The maximum atomic E-state index is 12.7. The van der Waals surface area contributed by atoms with Crippen molar-refractivity contribution in [2.75, 3.05) is 13.6 Å². The summed E-state index contributed by atoms with van der Waals surface area (Å²) in [5.41, 5.74) is 2.52. The Labute approximate surface area is 171 Å². The van der Waals surface area contributed by atoms with Crippen LogP contribution in [0, 0.1) is 6.92 Å². The summed E-state index contributed by atoms with van der Waals surface area (Å²) >= 11 is 6.36. The van der Waals surface area contributed by atoms with E-state index < -0.39 is 11.7 Å². The Hall–Kier alpha value is -2.80. The van der Waals surface area contributed by atoms with E-state index in [1.165, 1.54) is 12.1 Å². The zero-order valence-electron chi connectivity index (χ0n) is 16.1. The van der Waals surface area contributed by atoms with E-state index in [2.05, 4.69) is 10.1 Å². The monoisotopic (exact) mass is 421 g/mol. The molecule has 8 heteroatoms. The molecule has 0 amide bonds. The zero-order chi connectivity index (χ0) is 21.2. The lowest BCUT2D eigenvalue weighted by molar-refractivity contribution is -0.137. The van der Waals surface area contributed by atoms with Gasteiger partial charge in [-0.25, -0.2) is 4.99 Å². The van der Waals surface area contributed by atoms with Crippen LogP contribution < -0.4 is 0 Å². The molecule has 0 radical (unpaired) electrons. The third kappa shape index (κ3) is 4.79. The summed E-state index contributed by atoms with van der Waals surface area (Å²) in [6.45, 7) is 4.73. The van der Waals surface area contributed by atoms with E-state index >= 15 is 0 Å². The standard InChI is InChI=1S/C21H19ClF3N3O/c1-4-28(3)12-26-19-9-13(2)16(10-17(19)22)20-11-18(27-29-20)14-5-7-15(8-6-14)21(23,24)25/h5-12H,4H2,1-3H3. The lowest BCUT2D eigenvalue weighted by atomic mass is 10.0. The van der Waals surface area contributed by atoms with Gasteiger partial charge >= 0.3 is 6.18 Å². The van der Waals surface area contributed by atoms with Crippen molar-refractivity contribution in [3.8, 4) is 22.6 Å². The van der Waals surface area contributed by atoms with E-state index in [4.69, 9.17) is 16.1 Å². The SMILES string of the molecule is CCN(C)C=Nc1cc(C)c(-c2cc(-c3ccc(C(F)(F)F)cc3)no2)cc1Cl. The minimum atomic E-state index is -4.38. The maximum absolute atomic E-state index is 12.7. The van der Waals surface area contributed by atoms with Crippen LogP contribution in [0.25, 0.3) is 22.6 Å². The van der Waals surface area contributed by atoms with Crippen LogP contribution in [0.4, 0.5) is 18.9 Å². The summed E-state index contributed by atoms with van der Waals surface area (Å²) in [5, 5.41) is 4.44. The number of alkyl halides is 3. The Kier molecular flexibility index (Phi) is 5.98. The van der Waals surface area contributed by atoms with Crippen molar-refractivity contribution in [3.05, 3.63) is 58.6 Å². The Morgan fingerprint density at radius 3 is 2.48 bits per heavy atom. The van der Waals surface area contributed by atoms with E-state index in [0.717, 1.165) is 29.8 Å². The van der Waals surface area contributed by atoms with Gasteiger partial charge in [0.1, 0.15) is 5.69 Å². The Balaban J connectivity index is 1.88. The van der Waals surface area contributed by atoms with Crippen LogP contribution in [0.5, 0.6) is 0 Å². The van der Waals surface area contributed by atoms with Crippen molar-refractivity contribution in [1.82, 2.24) is 10.1 Å². The van der Waals surface area contributed by atoms with Crippen LogP contribution in [0.3, 0.4) is 0 Å². The fraction of sp³-hybridized carbons (Fsp3) is 0.238. The van der Waals surface area contributed by atoms with Crippen molar-refractivity contribution >= 4 is 23.6 Å². The van der Waals surface area contributed by atoms with Crippen molar-refractivity contribution in [2.24, 2.45) is 4.99 Å². The van der Waals surface area contributed by atoms with E-state index in [1.807, 2.05) is 31.9 Å². The number of aliphatic imine (C=N–C) groups is 1. The Bertz CT molecular complexity index is 1030. The van der Waals surface area contributed by atoms with Gasteiger partial charge in [-0.1, -0.05) is 28.9 Å². The van der Waals surface area contributed by atoms with Crippen LogP contribution in [0.2, 0.25) is 5.02 Å². The van der Waals surface area contributed by atoms with E-state index in [1.54, 1.807) is 18.5 Å². The summed E-state index contributed by atoms with van der Waals surface area (Å²) in [6, 6.07) is 10.0. The predicted octanol–water partition coefficient (Wildman–Crippen LogP) is 6.60. The van der Waals surface area contributed by atoms with E-state index in [0.29, 0.717) is 27.7 Å². The molecule has 1 aromatic heterocycles. The molecule has 4 nitrogen and oxygen atoms in total. The number of nitrogens with zero attached hydrogens (tertiary/aromatic N) is 3. The highest BCUT2D eigenvalue weighted by Crippen LogP contribution is 2.36. The molecule has 0 aliphatic rings. The molecule has 0 fully saturated rings. The quantitative estimate of drug-likeness (QED) is 0.344. The minimum absolute atomic E-state index is 0.441. The molecule has 3 aromatic rings. The summed E-state index contributed by atoms with van der Waals surface area (Å²) in [4.78, 5) is 6.31. The average molecular weight is 422 g/mol. The fourth-order valence-electron chi connectivity index (χ4n) is 2.64. The predicted molar refractivity (Wildman–Crippen MR) is 109 cm³/mol. The van der Waals surface area contributed by atoms with Gasteiger partial charge < -0.3 is 9.42 Å². The molecule has 3 rings (SSSR count). The number of hydrogen-bond acceptors (Lipinski definition) is 3.